The van der Waals surface area contributed by atoms with E-state index < -0.39 is 0 Å². The van der Waals surface area contributed by atoms with Crippen molar-refractivity contribution in [3.05, 3.63) is 28.8 Å². The van der Waals surface area contributed by atoms with Crippen LogP contribution in [0.2, 0.25) is 0 Å². The van der Waals surface area contributed by atoms with Crippen LogP contribution in [0.25, 0.3) is 0 Å². The van der Waals surface area contributed by atoms with Crippen LogP contribution in [0.3, 0.4) is 0 Å². The zero-order valence-corrected chi connectivity index (χ0v) is 11.1. The molecule has 0 aliphatic rings. The maximum Gasteiger partial charge on any atom is 0.125 e. The van der Waals surface area contributed by atoms with Crippen LogP contribution in [0.1, 0.15) is 50.3 Å². The van der Waals surface area contributed by atoms with Crippen molar-refractivity contribution in [2.45, 2.75) is 53.4 Å². The Labute approximate surface area is 99.8 Å². The molecule has 0 fully saturated rings. The van der Waals surface area contributed by atoms with Crippen LogP contribution in [-0.4, -0.2) is 6.61 Å². The zero-order chi connectivity index (χ0) is 12.0. The van der Waals surface area contributed by atoms with Crippen LogP contribution in [0.4, 0.5) is 0 Å². The van der Waals surface area contributed by atoms with Gasteiger partial charge in [-0.1, -0.05) is 44.9 Å². The van der Waals surface area contributed by atoms with Gasteiger partial charge in [0.1, 0.15) is 5.75 Å². The molecule has 1 rings (SSSR count). The summed E-state index contributed by atoms with van der Waals surface area (Å²) < 4.78 is 5.95. The van der Waals surface area contributed by atoms with E-state index in [2.05, 4.69) is 39.8 Å². The molecule has 0 bridgehead atoms. The molecule has 0 aliphatic carbocycles. The minimum Gasteiger partial charge on any atom is -0.493 e. The molecular formula is C15H24O. The van der Waals surface area contributed by atoms with Crippen molar-refractivity contribution in [1.29, 1.82) is 0 Å². The summed E-state index contributed by atoms with van der Waals surface area (Å²) in [6.07, 6.45) is 4.43. The van der Waals surface area contributed by atoms with Gasteiger partial charge >= 0.3 is 0 Å². The Hall–Kier alpha value is -0.980. The van der Waals surface area contributed by atoms with Crippen LogP contribution in [0, 0.1) is 6.92 Å². The van der Waals surface area contributed by atoms with E-state index in [4.69, 9.17) is 4.74 Å². The number of ether oxygens (including phenoxy) is 1. The molecule has 0 radical (unpaired) electrons. The number of benzene rings is 1. The summed E-state index contributed by atoms with van der Waals surface area (Å²) in [4.78, 5) is 0. The minimum absolute atomic E-state index is 0.847. The first-order valence-corrected chi connectivity index (χ1v) is 6.48. The van der Waals surface area contributed by atoms with Crippen LogP contribution in [0.5, 0.6) is 5.75 Å². The molecule has 0 saturated heterocycles. The molecule has 0 atom stereocenters. The molecule has 0 N–H and O–H groups in total. The molecule has 16 heavy (non-hydrogen) atoms. The fourth-order valence-electron chi connectivity index (χ4n) is 1.96. The van der Waals surface area contributed by atoms with E-state index in [-0.39, 0.29) is 0 Å². The Bertz CT molecular complexity index is 303. The molecular weight excluding hydrogens is 196 g/mol. The smallest absolute Gasteiger partial charge is 0.125 e. The highest BCUT2D eigenvalue weighted by molar-refractivity contribution is 5.44. The number of rotatable bonds is 6. The minimum atomic E-state index is 0.847. The van der Waals surface area contributed by atoms with E-state index in [0.717, 1.165) is 31.6 Å². The standard InChI is InChI=1S/C15H24O/c1-5-8-9-16-15-13(6-2)10-12(4)11-14(15)7-3/h10-11H,5-9H2,1-4H3. The van der Waals surface area contributed by atoms with Gasteiger partial charge < -0.3 is 4.74 Å². The van der Waals surface area contributed by atoms with Crippen molar-refractivity contribution in [2.24, 2.45) is 0 Å². The zero-order valence-electron chi connectivity index (χ0n) is 11.1. The number of aryl methyl sites for hydroxylation is 3. The molecule has 0 aliphatic heterocycles. The predicted octanol–water partition coefficient (Wildman–Crippen LogP) is 4.30. The van der Waals surface area contributed by atoms with Crippen molar-refractivity contribution < 1.29 is 4.74 Å². The van der Waals surface area contributed by atoms with Gasteiger partial charge in [0.25, 0.3) is 0 Å². The van der Waals surface area contributed by atoms with Gasteiger partial charge in [0.2, 0.25) is 0 Å². The van der Waals surface area contributed by atoms with Crippen molar-refractivity contribution >= 4 is 0 Å². The summed E-state index contributed by atoms with van der Waals surface area (Å²) in [5.74, 6) is 1.14. The van der Waals surface area contributed by atoms with Gasteiger partial charge in [-0.25, -0.2) is 0 Å². The third-order valence-corrected chi connectivity index (χ3v) is 2.89. The fraction of sp³-hybridized carbons (Fsp3) is 0.600. The summed E-state index contributed by atoms with van der Waals surface area (Å²) in [5.41, 5.74) is 4.05. The van der Waals surface area contributed by atoms with Gasteiger partial charge in [-0.05, 0) is 37.3 Å². The largest absolute Gasteiger partial charge is 0.493 e. The van der Waals surface area contributed by atoms with Crippen LogP contribution >= 0.6 is 0 Å². The predicted molar refractivity (Wildman–Crippen MR) is 70.3 cm³/mol. The molecule has 90 valence electrons. The van der Waals surface area contributed by atoms with Crippen molar-refractivity contribution in [3.63, 3.8) is 0 Å². The average Bonchev–Trinajstić information content (AvgIpc) is 2.30. The fourth-order valence-corrected chi connectivity index (χ4v) is 1.96. The summed E-state index contributed by atoms with van der Waals surface area (Å²) in [6, 6.07) is 4.50. The van der Waals surface area contributed by atoms with Gasteiger partial charge in [0.15, 0.2) is 0 Å². The lowest BCUT2D eigenvalue weighted by Gasteiger charge is -2.15. The molecule has 0 unspecified atom stereocenters. The van der Waals surface area contributed by atoms with Crippen LogP contribution < -0.4 is 4.74 Å². The lowest BCUT2D eigenvalue weighted by atomic mass is 10.0. The van der Waals surface area contributed by atoms with Crippen molar-refractivity contribution in [2.75, 3.05) is 6.61 Å². The summed E-state index contributed by atoms with van der Waals surface area (Å²) in [6.45, 7) is 9.59. The Morgan fingerprint density at radius 1 is 1.00 bits per heavy atom. The highest BCUT2D eigenvalue weighted by Gasteiger charge is 2.08. The molecule has 1 nitrogen and oxygen atoms in total. The second-order valence-corrected chi connectivity index (χ2v) is 4.32. The second-order valence-electron chi connectivity index (χ2n) is 4.32. The van der Waals surface area contributed by atoms with Crippen molar-refractivity contribution in [1.82, 2.24) is 0 Å². The van der Waals surface area contributed by atoms with Crippen LogP contribution in [-0.2, 0) is 12.8 Å². The van der Waals surface area contributed by atoms with Gasteiger partial charge in [-0.3, -0.25) is 0 Å². The van der Waals surface area contributed by atoms with E-state index in [1.165, 1.54) is 23.1 Å². The first-order chi connectivity index (χ1) is 7.72. The molecule has 0 spiro atoms. The van der Waals surface area contributed by atoms with Gasteiger partial charge in [0.05, 0.1) is 6.61 Å². The number of unbranched alkanes of at least 4 members (excludes halogenated alkanes) is 1. The molecule has 0 saturated carbocycles. The number of hydrogen-bond acceptors (Lipinski definition) is 1. The SMILES string of the molecule is CCCCOc1c(CC)cc(C)cc1CC. The van der Waals surface area contributed by atoms with Crippen molar-refractivity contribution in [3.8, 4) is 5.75 Å². The van der Waals surface area contributed by atoms with E-state index in [1.54, 1.807) is 0 Å². The third-order valence-electron chi connectivity index (χ3n) is 2.89. The molecule has 1 heteroatoms. The Morgan fingerprint density at radius 2 is 1.56 bits per heavy atom. The first kappa shape index (κ1) is 13.1. The normalized spacial score (nSPS) is 10.5. The van der Waals surface area contributed by atoms with E-state index in [1.807, 2.05) is 0 Å². The van der Waals surface area contributed by atoms with E-state index in [9.17, 15) is 0 Å². The Morgan fingerprint density at radius 3 is 2.00 bits per heavy atom. The number of hydrogen-bond donors (Lipinski definition) is 0. The lowest BCUT2D eigenvalue weighted by molar-refractivity contribution is 0.303. The molecule has 0 amide bonds. The van der Waals surface area contributed by atoms with Crippen LogP contribution in [0.15, 0.2) is 12.1 Å². The highest BCUT2D eigenvalue weighted by atomic mass is 16.5. The average molecular weight is 220 g/mol. The quantitative estimate of drug-likeness (QED) is 0.649. The second kappa shape index (κ2) is 6.57. The Balaban J connectivity index is 2.93. The maximum absolute atomic E-state index is 5.95. The van der Waals surface area contributed by atoms with Gasteiger partial charge in [-0.2, -0.15) is 0 Å². The summed E-state index contributed by atoms with van der Waals surface area (Å²) >= 11 is 0. The highest BCUT2D eigenvalue weighted by Crippen LogP contribution is 2.27. The molecule has 0 heterocycles. The first-order valence-electron chi connectivity index (χ1n) is 6.48. The molecule has 0 aromatic heterocycles. The molecule has 1 aromatic rings. The third kappa shape index (κ3) is 3.26. The maximum atomic E-state index is 5.95. The monoisotopic (exact) mass is 220 g/mol. The Kier molecular flexibility index (Phi) is 5.37. The van der Waals surface area contributed by atoms with E-state index in [0.29, 0.717) is 0 Å². The summed E-state index contributed by atoms with van der Waals surface area (Å²) in [7, 11) is 0. The van der Waals surface area contributed by atoms with E-state index >= 15 is 0 Å². The topological polar surface area (TPSA) is 9.23 Å². The molecule has 1 aromatic carbocycles. The summed E-state index contributed by atoms with van der Waals surface area (Å²) in [5, 5.41) is 0. The van der Waals surface area contributed by atoms with Gasteiger partial charge in [0, 0.05) is 0 Å². The van der Waals surface area contributed by atoms with Gasteiger partial charge in [-0.15, -0.1) is 0 Å². The lowest BCUT2D eigenvalue weighted by Crippen LogP contribution is -2.03.